The van der Waals surface area contributed by atoms with Crippen LogP contribution in [0.15, 0.2) is 66.1 Å². The van der Waals surface area contributed by atoms with Crippen LogP contribution < -0.4 is 4.74 Å². The molecule has 0 spiro atoms. The number of esters is 1. The summed E-state index contributed by atoms with van der Waals surface area (Å²) in [5, 5.41) is 0.334. The highest BCUT2D eigenvalue weighted by atomic mass is 35.5. The molecule has 0 aromatic heterocycles. The van der Waals surface area contributed by atoms with Crippen molar-refractivity contribution in [2.75, 3.05) is 6.54 Å². The molecule has 136 valence electrons. The van der Waals surface area contributed by atoms with E-state index in [-0.39, 0.29) is 5.91 Å². The molecule has 2 aromatic rings. The maximum atomic E-state index is 12.3. The van der Waals surface area contributed by atoms with E-state index in [1.165, 1.54) is 16.7 Å². The van der Waals surface area contributed by atoms with E-state index in [2.05, 4.69) is 6.58 Å². The van der Waals surface area contributed by atoms with Gasteiger partial charge in [0.1, 0.15) is 10.1 Å². The predicted octanol–water partition coefficient (Wildman–Crippen LogP) is 4.95. The van der Waals surface area contributed by atoms with Crippen LogP contribution in [0.1, 0.15) is 15.9 Å². The molecule has 1 aliphatic rings. The van der Waals surface area contributed by atoms with E-state index in [1.807, 2.05) is 0 Å². The second-order valence-corrected chi connectivity index (χ2v) is 7.60. The Balaban J connectivity index is 1.72. The first-order valence-corrected chi connectivity index (χ1v) is 9.53. The summed E-state index contributed by atoms with van der Waals surface area (Å²) < 4.78 is 5.85. The molecule has 0 bridgehead atoms. The van der Waals surface area contributed by atoms with E-state index in [4.69, 9.17) is 28.6 Å². The molecule has 1 saturated heterocycles. The molecule has 0 aliphatic carbocycles. The van der Waals surface area contributed by atoms with Crippen molar-refractivity contribution in [1.29, 1.82) is 0 Å². The molecule has 2 aromatic carbocycles. The number of rotatable bonds is 5. The minimum Gasteiger partial charge on any atom is -0.423 e. The summed E-state index contributed by atoms with van der Waals surface area (Å²) in [6.07, 6.45) is 3.39. The second kappa shape index (κ2) is 8.52. The number of ether oxygens (including phenoxy) is 1. The number of hydrogen-bond donors (Lipinski definition) is 0. The van der Waals surface area contributed by atoms with E-state index in [0.717, 1.165) is 5.56 Å². The lowest BCUT2D eigenvalue weighted by Gasteiger charge is -2.10. The highest BCUT2D eigenvalue weighted by molar-refractivity contribution is 8.26. The third kappa shape index (κ3) is 4.47. The van der Waals surface area contributed by atoms with Crippen molar-refractivity contribution in [1.82, 2.24) is 4.90 Å². The third-order valence-corrected chi connectivity index (χ3v) is 5.37. The van der Waals surface area contributed by atoms with Gasteiger partial charge in [-0.25, -0.2) is 4.79 Å². The van der Waals surface area contributed by atoms with Gasteiger partial charge >= 0.3 is 5.97 Å². The van der Waals surface area contributed by atoms with Gasteiger partial charge < -0.3 is 4.74 Å². The molecular formula is C20H14ClNO3S2. The fourth-order valence-corrected chi connectivity index (χ4v) is 3.85. The van der Waals surface area contributed by atoms with E-state index >= 15 is 0 Å². The van der Waals surface area contributed by atoms with Crippen molar-refractivity contribution < 1.29 is 14.3 Å². The van der Waals surface area contributed by atoms with Crippen LogP contribution in [-0.4, -0.2) is 27.6 Å². The number of halogens is 1. The van der Waals surface area contributed by atoms with Crippen molar-refractivity contribution in [3.63, 3.8) is 0 Å². The monoisotopic (exact) mass is 415 g/mol. The summed E-state index contributed by atoms with van der Waals surface area (Å²) in [5.74, 6) is -0.283. The van der Waals surface area contributed by atoms with Crippen LogP contribution in [0.4, 0.5) is 0 Å². The molecule has 0 N–H and O–H groups in total. The molecule has 1 heterocycles. The molecule has 27 heavy (non-hydrogen) atoms. The molecule has 1 fully saturated rings. The van der Waals surface area contributed by atoms with Crippen molar-refractivity contribution >= 4 is 57.9 Å². The van der Waals surface area contributed by atoms with Crippen molar-refractivity contribution in [3.05, 3.63) is 82.2 Å². The molecule has 0 unspecified atom stereocenters. The number of hydrogen-bond acceptors (Lipinski definition) is 5. The van der Waals surface area contributed by atoms with E-state index in [0.29, 0.717) is 32.1 Å². The number of amides is 1. The van der Waals surface area contributed by atoms with Gasteiger partial charge in [-0.15, -0.1) is 6.58 Å². The lowest BCUT2D eigenvalue weighted by molar-refractivity contribution is -0.121. The summed E-state index contributed by atoms with van der Waals surface area (Å²) >= 11 is 12.5. The van der Waals surface area contributed by atoms with Gasteiger partial charge in [-0.3, -0.25) is 9.69 Å². The Morgan fingerprint density at radius 3 is 2.59 bits per heavy atom. The first-order valence-electron chi connectivity index (χ1n) is 7.92. The highest BCUT2D eigenvalue weighted by Crippen LogP contribution is 2.32. The van der Waals surface area contributed by atoms with Crippen LogP contribution in [0, 0.1) is 0 Å². The number of thioether (sulfide) groups is 1. The number of benzene rings is 2. The molecular weight excluding hydrogens is 402 g/mol. The van der Waals surface area contributed by atoms with Gasteiger partial charge in [0.2, 0.25) is 0 Å². The second-order valence-electron chi connectivity index (χ2n) is 5.52. The predicted molar refractivity (Wildman–Crippen MR) is 113 cm³/mol. The number of nitrogens with zero attached hydrogens (tertiary/aromatic N) is 1. The summed E-state index contributed by atoms with van der Waals surface area (Å²) in [6, 6.07) is 13.5. The molecule has 7 heteroatoms. The fraction of sp³-hybridized carbons (Fsp3) is 0.0500. The quantitative estimate of drug-likeness (QED) is 0.227. The number of thiocarbonyl (C=S) groups is 1. The van der Waals surface area contributed by atoms with Crippen LogP contribution in [0.5, 0.6) is 5.75 Å². The van der Waals surface area contributed by atoms with Gasteiger partial charge in [0.15, 0.2) is 0 Å². The lowest BCUT2D eigenvalue weighted by Crippen LogP contribution is -2.27. The molecule has 0 saturated carbocycles. The standard InChI is InChI=1S/C20H14ClNO3S2/c1-2-11-22-18(23)17(27-20(22)26)12-13-7-9-14(10-8-13)25-19(24)15-5-3-4-6-16(15)21/h2-10,12H,1,11H2/b17-12-. The molecule has 4 nitrogen and oxygen atoms in total. The third-order valence-electron chi connectivity index (χ3n) is 3.67. The van der Waals surface area contributed by atoms with Crippen molar-refractivity contribution in [2.24, 2.45) is 0 Å². The fourth-order valence-electron chi connectivity index (χ4n) is 2.36. The zero-order valence-corrected chi connectivity index (χ0v) is 16.4. The van der Waals surface area contributed by atoms with Crippen molar-refractivity contribution in [3.8, 4) is 5.75 Å². The first-order chi connectivity index (χ1) is 13.0. The summed E-state index contributed by atoms with van der Waals surface area (Å²) in [6.45, 7) is 4.02. The molecule has 1 amide bonds. The van der Waals surface area contributed by atoms with Gasteiger partial charge in [-0.05, 0) is 35.9 Å². The summed E-state index contributed by atoms with van der Waals surface area (Å²) in [4.78, 5) is 26.6. The summed E-state index contributed by atoms with van der Waals surface area (Å²) in [7, 11) is 0. The average molecular weight is 416 g/mol. The van der Waals surface area contributed by atoms with Crippen LogP contribution in [0.3, 0.4) is 0 Å². The van der Waals surface area contributed by atoms with Gasteiger partial charge in [0.05, 0.1) is 15.5 Å². The van der Waals surface area contributed by atoms with Crippen LogP contribution >= 0.6 is 35.6 Å². The molecule has 0 radical (unpaired) electrons. The zero-order chi connectivity index (χ0) is 19.4. The Morgan fingerprint density at radius 1 is 1.22 bits per heavy atom. The maximum Gasteiger partial charge on any atom is 0.345 e. The normalized spacial score (nSPS) is 15.3. The number of carbonyl (C=O) groups is 2. The van der Waals surface area contributed by atoms with Gasteiger partial charge in [0.25, 0.3) is 5.91 Å². The Bertz CT molecular complexity index is 954. The lowest BCUT2D eigenvalue weighted by atomic mass is 10.2. The van der Waals surface area contributed by atoms with Crippen LogP contribution in [-0.2, 0) is 4.79 Å². The van der Waals surface area contributed by atoms with Gasteiger partial charge in [0, 0.05) is 6.54 Å². The highest BCUT2D eigenvalue weighted by Gasteiger charge is 2.30. The maximum absolute atomic E-state index is 12.3. The molecule has 1 aliphatic heterocycles. The van der Waals surface area contributed by atoms with Gasteiger partial charge in [-0.1, -0.05) is 65.9 Å². The topological polar surface area (TPSA) is 46.6 Å². The Kier molecular flexibility index (Phi) is 6.11. The van der Waals surface area contributed by atoms with E-state index in [9.17, 15) is 9.59 Å². The van der Waals surface area contributed by atoms with E-state index < -0.39 is 5.97 Å². The van der Waals surface area contributed by atoms with Crippen molar-refractivity contribution in [2.45, 2.75) is 0 Å². The molecule has 3 rings (SSSR count). The number of carbonyl (C=O) groups excluding carboxylic acids is 2. The Labute approximate surface area is 171 Å². The van der Waals surface area contributed by atoms with E-state index in [1.54, 1.807) is 60.7 Å². The minimum atomic E-state index is -0.529. The SMILES string of the molecule is C=CCN1C(=O)/C(=C/c2ccc(OC(=O)c3ccccc3Cl)cc2)SC1=S. The first kappa shape index (κ1) is 19.4. The minimum absolute atomic E-state index is 0.140. The van der Waals surface area contributed by atoms with Gasteiger partial charge in [-0.2, -0.15) is 0 Å². The zero-order valence-electron chi connectivity index (χ0n) is 14.1. The van der Waals surface area contributed by atoms with Crippen LogP contribution in [0.2, 0.25) is 5.02 Å². The van der Waals surface area contributed by atoms with Crippen LogP contribution in [0.25, 0.3) is 6.08 Å². The molecule has 0 atom stereocenters. The largest absolute Gasteiger partial charge is 0.423 e. The Morgan fingerprint density at radius 2 is 1.93 bits per heavy atom. The average Bonchev–Trinajstić information content (AvgIpc) is 2.91. The Hall–Kier alpha value is -2.41. The smallest absolute Gasteiger partial charge is 0.345 e. The summed E-state index contributed by atoms with van der Waals surface area (Å²) in [5.41, 5.74) is 1.10.